The first-order valence-electron chi connectivity index (χ1n) is 15.6. The number of cyclic esters (lactones) is 1. The highest BCUT2D eigenvalue weighted by molar-refractivity contribution is 6.00. The zero-order chi connectivity index (χ0) is 31.6. The molecule has 0 bridgehead atoms. The number of carbonyl (C=O) groups excluding carboxylic acids is 2. The largest absolute Gasteiger partial charge is 0.459 e. The van der Waals surface area contributed by atoms with Gasteiger partial charge in [0, 0.05) is 36.4 Å². The highest BCUT2D eigenvalue weighted by atomic mass is 16.7. The first-order chi connectivity index (χ1) is 18.8. The highest BCUT2D eigenvalue weighted by Crippen LogP contribution is 2.37. The van der Waals surface area contributed by atoms with Gasteiger partial charge in [0.25, 0.3) is 0 Å². The lowest BCUT2D eigenvalue weighted by molar-refractivity contribution is -0.278. The zero-order valence-corrected chi connectivity index (χ0v) is 28.0. The van der Waals surface area contributed by atoms with Gasteiger partial charge in [-0.05, 0) is 80.9 Å². The molecule has 0 amide bonds. The van der Waals surface area contributed by atoms with Crippen molar-refractivity contribution in [1.82, 2.24) is 9.80 Å². The molecular formula is C32H60N2O7. The maximum atomic E-state index is 13.8. The van der Waals surface area contributed by atoms with E-state index >= 15 is 0 Å². The minimum absolute atomic E-state index is 0.00302. The maximum Gasteiger partial charge on any atom is 0.316 e. The van der Waals surface area contributed by atoms with E-state index in [0.29, 0.717) is 19.4 Å². The minimum Gasteiger partial charge on any atom is -0.459 e. The molecule has 2 rings (SSSR count). The molecule has 0 saturated carbocycles. The summed E-state index contributed by atoms with van der Waals surface area (Å²) in [6.07, 6.45) is -0.716. The van der Waals surface area contributed by atoms with Crippen molar-refractivity contribution in [3.05, 3.63) is 0 Å². The number of ketones is 1. The lowest BCUT2D eigenvalue weighted by atomic mass is 9.78. The minimum atomic E-state index is -1.39. The van der Waals surface area contributed by atoms with Crippen LogP contribution in [0.5, 0.6) is 0 Å². The Balaban J connectivity index is 2.53. The Labute approximate surface area is 249 Å². The Bertz CT molecular complexity index is 878. The Hall–Kier alpha value is -1.10. The highest BCUT2D eigenvalue weighted by Gasteiger charge is 2.48. The van der Waals surface area contributed by atoms with Crippen LogP contribution < -0.4 is 0 Å². The predicted octanol–water partition coefficient (Wildman–Crippen LogP) is 3.73. The summed E-state index contributed by atoms with van der Waals surface area (Å²) in [5.41, 5.74) is -2.69. The Morgan fingerprint density at radius 2 is 1.63 bits per heavy atom. The normalized spacial score (nSPS) is 46.6. The molecule has 0 aromatic carbocycles. The maximum absolute atomic E-state index is 13.8. The molecular weight excluding hydrogens is 524 g/mol. The molecule has 2 aliphatic heterocycles. The average Bonchev–Trinajstić information content (AvgIpc) is 2.87. The van der Waals surface area contributed by atoms with Crippen LogP contribution in [0.4, 0.5) is 0 Å². The van der Waals surface area contributed by atoms with Gasteiger partial charge >= 0.3 is 5.97 Å². The molecule has 0 aromatic rings. The van der Waals surface area contributed by atoms with Gasteiger partial charge in [-0.15, -0.1) is 0 Å². The van der Waals surface area contributed by atoms with Gasteiger partial charge in [-0.2, -0.15) is 0 Å². The number of rotatable bonds is 4. The van der Waals surface area contributed by atoms with E-state index in [2.05, 4.69) is 30.6 Å². The van der Waals surface area contributed by atoms with E-state index in [1.807, 2.05) is 41.9 Å². The van der Waals surface area contributed by atoms with Crippen LogP contribution in [0.3, 0.4) is 0 Å². The quantitative estimate of drug-likeness (QED) is 0.377. The third kappa shape index (κ3) is 8.30. The van der Waals surface area contributed by atoms with Gasteiger partial charge in [-0.1, -0.05) is 34.6 Å². The van der Waals surface area contributed by atoms with Crippen LogP contribution in [0.1, 0.15) is 88.5 Å². The van der Waals surface area contributed by atoms with Crippen LogP contribution >= 0.6 is 0 Å². The van der Waals surface area contributed by atoms with E-state index in [4.69, 9.17) is 14.2 Å². The van der Waals surface area contributed by atoms with E-state index in [-0.39, 0.29) is 41.7 Å². The average molecular weight is 585 g/mol. The summed E-state index contributed by atoms with van der Waals surface area (Å²) in [6.45, 7) is 19.4. The van der Waals surface area contributed by atoms with Gasteiger partial charge in [-0.25, -0.2) is 0 Å². The van der Waals surface area contributed by atoms with Gasteiger partial charge in [0.1, 0.15) is 17.6 Å². The molecule has 2 heterocycles. The molecule has 2 fully saturated rings. The Kier molecular flexibility index (Phi) is 12.4. The van der Waals surface area contributed by atoms with Gasteiger partial charge in [0.05, 0.1) is 17.8 Å². The standard InChI is InChI=1S/C32H60N2O7/c1-14-26-32(10,38)23(7)24(8)34(13)17-18(2)16-31(9,37)28(21(5)27(35)22(6)29(36)40-26)41-30-20(4)25(33(11)12)15-19(3)39-30/h18-26,28,30,37-38H,14-17H2,1-13H3/t18-,19-,20-,21+,22-,23-,24-,25+,26-,28-,30+,31-,32+/m1/s1. The second kappa shape index (κ2) is 14.1. The summed E-state index contributed by atoms with van der Waals surface area (Å²) in [5, 5.41) is 23.6. The predicted molar refractivity (Wildman–Crippen MR) is 160 cm³/mol. The molecule has 0 aliphatic carbocycles. The van der Waals surface area contributed by atoms with Crippen LogP contribution in [0.2, 0.25) is 0 Å². The summed E-state index contributed by atoms with van der Waals surface area (Å²) in [7, 11) is 6.09. The van der Waals surface area contributed by atoms with Crippen molar-refractivity contribution in [2.75, 3.05) is 27.7 Å². The number of nitrogens with zero attached hydrogens (tertiary/aromatic N) is 2. The fourth-order valence-electron chi connectivity index (χ4n) is 7.15. The Morgan fingerprint density at radius 3 is 2.17 bits per heavy atom. The van der Waals surface area contributed by atoms with Crippen LogP contribution in [0.15, 0.2) is 0 Å². The van der Waals surface area contributed by atoms with Crippen molar-refractivity contribution in [1.29, 1.82) is 0 Å². The van der Waals surface area contributed by atoms with Crippen molar-refractivity contribution in [2.45, 2.75) is 136 Å². The van der Waals surface area contributed by atoms with E-state index in [0.717, 1.165) is 6.42 Å². The van der Waals surface area contributed by atoms with Crippen LogP contribution in [0.25, 0.3) is 0 Å². The third-order valence-electron chi connectivity index (χ3n) is 10.2. The van der Waals surface area contributed by atoms with Crippen LogP contribution in [0, 0.1) is 29.6 Å². The fourth-order valence-corrected chi connectivity index (χ4v) is 7.15. The molecule has 9 heteroatoms. The molecule has 0 aromatic heterocycles. The molecule has 9 nitrogen and oxygen atoms in total. The number of aliphatic hydroxyl groups is 2. The molecule has 2 N–H and O–H groups in total. The molecule has 41 heavy (non-hydrogen) atoms. The number of esters is 1. The summed E-state index contributed by atoms with van der Waals surface area (Å²) in [6, 6.07) is 0.173. The number of hydrogen-bond donors (Lipinski definition) is 2. The first-order valence-corrected chi connectivity index (χ1v) is 15.6. The van der Waals surface area contributed by atoms with E-state index in [9.17, 15) is 19.8 Å². The van der Waals surface area contributed by atoms with Crippen molar-refractivity contribution in [3.8, 4) is 0 Å². The van der Waals surface area contributed by atoms with Gasteiger partial charge in [-0.3, -0.25) is 9.59 Å². The topological polar surface area (TPSA) is 109 Å². The second-order valence-corrected chi connectivity index (χ2v) is 14.1. The summed E-state index contributed by atoms with van der Waals surface area (Å²) in [5.74, 6) is -3.13. The number of ether oxygens (including phenoxy) is 3. The van der Waals surface area contributed by atoms with E-state index in [1.54, 1.807) is 27.7 Å². The monoisotopic (exact) mass is 584 g/mol. The fraction of sp³-hybridized carbons (Fsp3) is 0.938. The molecule has 2 aliphatic rings. The second-order valence-electron chi connectivity index (χ2n) is 14.1. The molecule has 240 valence electrons. The van der Waals surface area contributed by atoms with Crippen molar-refractivity contribution in [2.24, 2.45) is 29.6 Å². The first kappa shape index (κ1) is 36.1. The summed E-state index contributed by atoms with van der Waals surface area (Å²) >= 11 is 0. The molecule has 0 radical (unpaired) electrons. The number of Topliss-reactive ketones (excluding diaryl/α,β-unsaturated/α-hetero) is 1. The smallest absolute Gasteiger partial charge is 0.316 e. The van der Waals surface area contributed by atoms with Crippen molar-refractivity contribution < 1.29 is 34.0 Å². The summed E-state index contributed by atoms with van der Waals surface area (Å²) in [4.78, 5) is 31.5. The van der Waals surface area contributed by atoms with Gasteiger partial charge in [0.2, 0.25) is 0 Å². The lowest BCUT2D eigenvalue weighted by Gasteiger charge is -2.46. The molecule has 13 atom stereocenters. The lowest BCUT2D eigenvalue weighted by Crippen LogP contribution is -2.56. The molecule has 2 saturated heterocycles. The van der Waals surface area contributed by atoms with Gasteiger partial charge < -0.3 is 34.2 Å². The van der Waals surface area contributed by atoms with Crippen LogP contribution in [-0.2, 0) is 23.8 Å². The zero-order valence-electron chi connectivity index (χ0n) is 28.0. The van der Waals surface area contributed by atoms with Crippen molar-refractivity contribution in [3.63, 3.8) is 0 Å². The third-order valence-corrected chi connectivity index (χ3v) is 10.2. The molecule has 0 unspecified atom stereocenters. The van der Waals surface area contributed by atoms with Crippen molar-refractivity contribution >= 4 is 11.8 Å². The number of hydrogen-bond acceptors (Lipinski definition) is 9. The van der Waals surface area contributed by atoms with Crippen LogP contribution in [-0.4, -0.2) is 107 Å². The van der Waals surface area contributed by atoms with E-state index in [1.165, 1.54) is 0 Å². The molecule has 0 spiro atoms. The Morgan fingerprint density at radius 1 is 1.05 bits per heavy atom. The van der Waals surface area contributed by atoms with Gasteiger partial charge in [0.15, 0.2) is 12.1 Å². The van der Waals surface area contributed by atoms with E-state index < -0.39 is 47.5 Å². The number of carbonyl (C=O) groups is 2. The summed E-state index contributed by atoms with van der Waals surface area (Å²) < 4.78 is 18.7. The SMILES string of the molecule is CC[C@H]1OC(=O)[C@H](C)C(=O)[C@H](C)[C@@H](O[C@@H]2O[C@H](C)C[C@H](N(C)C)[C@H]2C)[C@](C)(O)C[C@@H](C)CN(C)[C@H](C)[C@@H](C)[C@]1(C)O.